The second-order valence-corrected chi connectivity index (χ2v) is 8.07. The van der Waals surface area contributed by atoms with Crippen LogP contribution in [-0.4, -0.2) is 22.4 Å². The van der Waals surface area contributed by atoms with Crippen LogP contribution in [0.2, 0.25) is 5.02 Å². The SMILES string of the molecule is Cc1ccc(F)c([C@H](CC(=O)NCCc2ccccn2)c2c[nH]c3ccc(Cl)cc23)c1. The number of carbonyl (C=O) groups is 1. The molecule has 6 heteroatoms. The number of rotatable bonds is 7. The fourth-order valence-electron chi connectivity index (χ4n) is 3.85. The first kappa shape index (κ1) is 21.1. The lowest BCUT2D eigenvalue weighted by atomic mass is 9.87. The van der Waals surface area contributed by atoms with Crippen molar-refractivity contribution < 1.29 is 9.18 Å². The highest BCUT2D eigenvalue weighted by Gasteiger charge is 2.24. The average molecular weight is 436 g/mol. The van der Waals surface area contributed by atoms with E-state index in [1.807, 2.05) is 49.5 Å². The van der Waals surface area contributed by atoms with E-state index in [0.717, 1.165) is 27.7 Å². The normalized spacial score (nSPS) is 12.1. The maximum atomic E-state index is 14.8. The Balaban J connectivity index is 1.60. The van der Waals surface area contributed by atoms with Gasteiger partial charge >= 0.3 is 0 Å². The summed E-state index contributed by atoms with van der Waals surface area (Å²) in [5.74, 6) is -0.909. The Morgan fingerprint density at radius 1 is 1.16 bits per heavy atom. The van der Waals surface area contributed by atoms with Crippen molar-refractivity contribution in [3.8, 4) is 0 Å². The lowest BCUT2D eigenvalue weighted by molar-refractivity contribution is -0.121. The Morgan fingerprint density at radius 2 is 2.03 bits per heavy atom. The third-order valence-electron chi connectivity index (χ3n) is 5.40. The number of amides is 1. The highest BCUT2D eigenvalue weighted by Crippen LogP contribution is 2.36. The van der Waals surface area contributed by atoms with Gasteiger partial charge in [0.05, 0.1) is 0 Å². The molecule has 158 valence electrons. The van der Waals surface area contributed by atoms with Crippen LogP contribution in [0, 0.1) is 12.7 Å². The van der Waals surface area contributed by atoms with Gasteiger partial charge in [-0.2, -0.15) is 0 Å². The van der Waals surface area contributed by atoms with Gasteiger partial charge < -0.3 is 10.3 Å². The molecule has 2 heterocycles. The maximum Gasteiger partial charge on any atom is 0.220 e. The predicted octanol–water partition coefficient (Wildman–Crippen LogP) is 5.54. The van der Waals surface area contributed by atoms with Crippen LogP contribution in [0.15, 0.2) is 67.0 Å². The fraction of sp³-hybridized carbons (Fsp3) is 0.200. The second-order valence-electron chi connectivity index (χ2n) is 7.64. The number of nitrogens with one attached hydrogen (secondary N) is 2. The lowest BCUT2D eigenvalue weighted by Gasteiger charge is -2.18. The summed E-state index contributed by atoms with van der Waals surface area (Å²) < 4.78 is 14.8. The monoisotopic (exact) mass is 435 g/mol. The van der Waals surface area contributed by atoms with Gasteiger partial charge in [0.1, 0.15) is 5.82 Å². The Labute approximate surface area is 185 Å². The predicted molar refractivity (Wildman–Crippen MR) is 122 cm³/mol. The van der Waals surface area contributed by atoms with E-state index in [2.05, 4.69) is 15.3 Å². The number of fused-ring (bicyclic) bond motifs is 1. The van der Waals surface area contributed by atoms with Crippen molar-refractivity contribution in [1.29, 1.82) is 0 Å². The molecule has 0 spiro atoms. The molecular weight excluding hydrogens is 413 g/mol. The molecule has 0 saturated carbocycles. The van der Waals surface area contributed by atoms with Gasteiger partial charge in [0.15, 0.2) is 0 Å². The number of H-pyrrole nitrogens is 1. The van der Waals surface area contributed by atoms with Gasteiger partial charge in [-0.15, -0.1) is 0 Å². The molecule has 31 heavy (non-hydrogen) atoms. The minimum absolute atomic E-state index is 0.127. The summed E-state index contributed by atoms with van der Waals surface area (Å²) in [5.41, 5.74) is 4.10. The van der Waals surface area contributed by atoms with E-state index in [1.54, 1.807) is 18.3 Å². The van der Waals surface area contributed by atoms with Crippen molar-refractivity contribution >= 4 is 28.4 Å². The first-order valence-corrected chi connectivity index (χ1v) is 10.6. The van der Waals surface area contributed by atoms with Crippen molar-refractivity contribution in [2.24, 2.45) is 0 Å². The number of aromatic amines is 1. The van der Waals surface area contributed by atoms with Crippen molar-refractivity contribution in [1.82, 2.24) is 15.3 Å². The van der Waals surface area contributed by atoms with E-state index in [-0.39, 0.29) is 18.1 Å². The molecule has 1 atom stereocenters. The second kappa shape index (κ2) is 9.31. The Morgan fingerprint density at radius 3 is 2.84 bits per heavy atom. The average Bonchev–Trinajstić information content (AvgIpc) is 3.17. The third-order valence-corrected chi connectivity index (χ3v) is 5.63. The zero-order valence-corrected chi connectivity index (χ0v) is 17.9. The van der Waals surface area contributed by atoms with Gasteiger partial charge in [0.2, 0.25) is 5.91 Å². The van der Waals surface area contributed by atoms with Crippen LogP contribution in [0.4, 0.5) is 4.39 Å². The number of hydrogen-bond donors (Lipinski definition) is 2. The smallest absolute Gasteiger partial charge is 0.220 e. The van der Waals surface area contributed by atoms with Crippen LogP contribution >= 0.6 is 11.6 Å². The van der Waals surface area contributed by atoms with E-state index in [9.17, 15) is 9.18 Å². The molecule has 4 aromatic rings. The third kappa shape index (κ3) is 4.94. The molecular formula is C25H23ClFN3O. The number of aryl methyl sites for hydroxylation is 1. The standard InChI is InChI=1S/C25H23ClFN3O/c1-16-5-7-23(27)20(12-16)19(22-15-30-24-8-6-17(26)13-21(22)24)14-25(31)29-11-9-18-4-2-3-10-28-18/h2-8,10,12-13,15,19,30H,9,11,14H2,1H3,(H,29,31)/t19-/m0/s1. The molecule has 0 bridgehead atoms. The summed E-state index contributed by atoms with van der Waals surface area (Å²) in [6.45, 7) is 2.39. The van der Waals surface area contributed by atoms with Crippen LogP contribution in [-0.2, 0) is 11.2 Å². The van der Waals surface area contributed by atoms with Gasteiger partial charge in [0.25, 0.3) is 0 Å². The first-order chi connectivity index (χ1) is 15.0. The summed E-state index contributed by atoms with van der Waals surface area (Å²) in [7, 11) is 0. The summed E-state index contributed by atoms with van der Waals surface area (Å²) in [6.07, 6.45) is 4.34. The van der Waals surface area contributed by atoms with E-state index in [4.69, 9.17) is 11.6 Å². The summed E-state index contributed by atoms with van der Waals surface area (Å²) in [6, 6.07) is 16.2. The van der Waals surface area contributed by atoms with Crippen molar-refractivity contribution in [3.63, 3.8) is 0 Å². The first-order valence-electron chi connectivity index (χ1n) is 10.2. The van der Waals surface area contributed by atoms with Gasteiger partial charge in [-0.05, 0) is 54.4 Å². The molecule has 4 rings (SSSR count). The van der Waals surface area contributed by atoms with E-state index in [1.165, 1.54) is 6.07 Å². The van der Waals surface area contributed by atoms with Crippen LogP contribution in [0.1, 0.15) is 34.7 Å². The highest BCUT2D eigenvalue weighted by atomic mass is 35.5. The van der Waals surface area contributed by atoms with Crippen molar-refractivity contribution in [2.75, 3.05) is 6.54 Å². The number of benzene rings is 2. The molecule has 0 aliphatic heterocycles. The highest BCUT2D eigenvalue weighted by molar-refractivity contribution is 6.31. The summed E-state index contributed by atoms with van der Waals surface area (Å²) >= 11 is 6.21. The number of hydrogen-bond acceptors (Lipinski definition) is 2. The van der Waals surface area contributed by atoms with Crippen molar-refractivity contribution in [2.45, 2.75) is 25.7 Å². The minimum atomic E-state index is -0.443. The number of carbonyl (C=O) groups excluding carboxylic acids is 1. The fourth-order valence-corrected chi connectivity index (χ4v) is 4.03. The number of nitrogens with zero attached hydrogens (tertiary/aromatic N) is 1. The lowest BCUT2D eigenvalue weighted by Crippen LogP contribution is -2.27. The Kier molecular flexibility index (Phi) is 6.33. The van der Waals surface area contributed by atoms with E-state index >= 15 is 0 Å². The Bertz CT molecular complexity index is 1210. The van der Waals surface area contributed by atoms with Crippen molar-refractivity contribution in [3.05, 3.63) is 100 Å². The molecule has 1 amide bonds. The largest absolute Gasteiger partial charge is 0.361 e. The van der Waals surface area contributed by atoms with Crippen LogP contribution < -0.4 is 5.32 Å². The molecule has 0 aliphatic carbocycles. The molecule has 0 saturated heterocycles. The molecule has 0 fully saturated rings. The molecule has 0 aliphatic rings. The Hall–Kier alpha value is -3.18. The van der Waals surface area contributed by atoms with E-state index < -0.39 is 5.92 Å². The van der Waals surface area contributed by atoms with Gasteiger partial charge in [-0.1, -0.05) is 35.4 Å². The molecule has 4 nitrogen and oxygen atoms in total. The van der Waals surface area contributed by atoms with Crippen LogP contribution in [0.25, 0.3) is 10.9 Å². The number of pyridine rings is 1. The van der Waals surface area contributed by atoms with Crippen LogP contribution in [0.3, 0.4) is 0 Å². The van der Waals surface area contributed by atoms with Gasteiger partial charge in [-0.25, -0.2) is 4.39 Å². The molecule has 2 aromatic carbocycles. The number of halogens is 2. The maximum absolute atomic E-state index is 14.8. The molecule has 2 N–H and O–H groups in total. The molecule has 0 unspecified atom stereocenters. The zero-order valence-electron chi connectivity index (χ0n) is 17.2. The summed E-state index contributed by atoms with van der Waals surface area (Å²) in [5, 5.41) is 4.43. The quantitative estimate of drug-likeness (QED) is 0.400. The van der Waals surface area contributed by atoms with Crippen LogP contribution in [0.5, 0.6) is 0 Å². The minimum Gasteiger partial charge on any atom is -0.361 e. The number of aromatic nitrogens is 2. The van der Waals surface area contributed by atoms with Gasteiger partial charge in [-0.3, -0.25) is 9.78 Å². The molecule has 2 aromatic heterocycles. The van der Waals surface area contributed by atoms with E-state index in [0.29, 0.717) is 23.6 Å². The summed E-state index contributed by atoms with van der Waals surface area (Å²) in [4.78, 5) is 20.3. The molecule has 0 radical (unpaired) electrons. The topological polar surface area (TPSA) is 57.8 Å². The van der Waals surface area contributed by atoms with Gasteiger partial charge in [0, 0.05) is 59.3 Å². The zero-order chi connectivity index (χ0) is 21.8.